The van der Waals surface area contributed by atoms with Crippen molar-refractivity contribution in [3.05, 3.63) is 12.3 Å². The van der Waals surface area contributed by atoms with Gasteiger partial charge in [-0.2, -0.15) is 5.10 Å². The molecular formula is C12H19N3O3. The van der Waals surface area contributed by atoms with Gasteiger partial charge in [-0.3, -0.25) is 9.59 Å². The molecule has 1 rings (SSSR count). The van der Waals surface area contributed by atoms with E-state index in [0.29, 0.717) is 5.82 Å². The van der Waals surface area contributed by atoms with Crippen molar-refractivity contribution < 1.29 is 14.7 Å². The lowest BCUT2D eigenvalue weighted by molar-refractivity contribution is -0.138. The molecular weight excluding hydrogens is 234 g/mol. The quantitative estimate of drug-likeness (QED) is 0.778. The molecule has 0 aliphatic rings. The van der Waals surface area contributed by atoms with E-state index in [9.17, 15) is 9.59 Å². The lowest BCUT2D eigenvalue weighted by Crippen LogP contribution is -2.18. The normalized spacial score (nSPS) is 10.6. The maximum absolute atomic E-state index is 11.6. The summed E-state index contributed by atoms with van der Waals surface area (Å²) in [5.74, 6) is -0.650. The third kappa shape index (κ3) is 3.87. The van der Waals surface area contributed by atoms with Crippen LogP contribution in [0.25, 0.3) is 0 Å². The fourth-order valence-corrected chi connectivity index (χ4v) is 1.76. The van der Waals surface area contributed by atoms with Crippen molar-refractivity contribution in [1.29, 1.82) is 0 Å². The van der Waals surface area contributed by atoms with Crippen LogP contribution in [-0.2, 0) is 9.59 Å². The average molecular weight is 253 g/mol. The summed E-state index contributed by atoms with van der Waals surface area (Å²) in [6.45, 7) is 4.12. The van der Waals surface area contributed by atoms with Crippen molar-refractivity contribution in [3.8, 4) is 0 Å². The Bertz CT molecular complexity index is 410. The first-order valence-electron chi connectivity index (χ1n) is 6.13. The summed E-state index contributed by atoms with van der Waals surface area (Å²) in [5.41, 5.74) is 0. The second kappa shape index (κ2) is 6.78. The number of carboxylic acid groups (broad SMARTS) is 1. The van der Waals surface area contributed by atoms with Gasteiger partial charge in [0.2, 0.25) is 5.91 Å². The lowest BCUT2D eigenvalue weighted by atomic mass is 10.2. The highest BCUT2D eigenvalue weighted by molar-refractivity contribution is 5.91. The molecule has 0 aliphatic heterocycles. The van der Waals surface area contributed by atoms with E-state index in [-0.39, 0.29) is 24.8 Å². The molecule has 100 valence electrons. The number of aromatic nitrogens is 2. The van der Waals surface area contributed by atoms with Crippen LogP contribution in [0.2, 0.25) is 0 Å². The van der Waals surface area contributed by atoms with Crippen LogP contribution in [0, 0.1) is 0 Å². The van der Waals surface area contributed by atoms with E-state index in [1.165, 1.54) is 0 Å². The Morgan fingerprint density at radius 1 is 1.39 bits per heavy atom. The van der Waals surface area contributed by atoms with Crippen LogP contribution in [0.15, 0.2) is 12.3 Å². The third-order valence-electron chi connectivity index (χ3n) is 2.79. The summed E-state index contributed by atoms with van der Waals surface area (Å²) in [5, 5.41) is 15.4. The molecule has 0 radical (unpaired) electrons. The number of carbonyl (C=O) groups is 2. The molecule has 6 nitrogen and oxygen atoms in total. The van der Waals surface area contributed by atoms with E-state index in [1.807, 2.05) is 0 Å². The van der Waals surface area contributed by atoms with Crippen molar-refractivity contribution in [2.45, 2.75) is 45.6 Å². The Balaban J connectivity index is 2.64. The topological polar surface area (TPSA) is 84.2 Å². The molecule has 1 aromatic rings. The van der Waals surface area contributed by atoms with Crippen molar-refractivity contribution >= 4 is 17.7 Å². The fraction of sp³-hybridized carbons (Fsp3) is 0.583. The molecule has 18 heavy (non-hydrogen) atoms. The van der Waals surface area contributed by atoms with Crippen LogP contribution in [0.1, 0.15) is 45.6 Å². The minimum absolute atomic E-state index is 0.0244. The van der Waals surface area contributed by atoms with Gasteiger partial charge in [-0.05, 0) is 12.8 Å². The lowest BCUT2D eigenvalue weighted by Gasteiger charge is -2.16. The third-order valence-corrected chi connectivity index (χ3v) is 2.79. The van der Waals surface area contributed by atoms with E-state index in [1.54, 1.807) is 16.9 Å². The van der Waals surface area contributed by atoms with Crippen LogP contribution >= 0.6 is 0 Å². The summed E-state index contributed by atoms with van der Waals surface area (Å²) >= 11 is 0. The minimum atomic E-state index is -0.973. The van der Waals surface area contributed by atoms with Gasteiger partial charge in [-0.25, -0.2) is 4.68 Å². The standard InChI is InChI=1S/C12H19N3O3/c1-3-9(4-2)15-10(7-8-13-15)14-11(16)5-6-12(17)18/h7-9H,3-6H2,1-2H3,(H,14,16)(H,17,18). The van der Waals surface area contributed by atoms with Crippen molar-refractivity contribution in [1.82, 2.24) is 9.78 Å². The zero-order chi connectivity index (χ0) is 13.5. The van der Waals surface area contributed by atoms with Gasteiger partial charge in [0.1, 0.15) is 5.82 Å². The zero-order valence-corrected chi connectivity index (χ0v) is 10.7. The predicted molar refractivity (Wildman–Crippen MR) is 67.3 cm³/mol. The molecule has 2 N–H and O–H groups in total. The van der Waals surface area contributed by atoms with Crippen LogP contribution in [-0.4, -0.2) is 26.8 Å². The molecule has 1 heterocycles. The van der Waals surface area contributed by atoms with Gasteiger partial charge in [0.15, 0.2) is 0 Å². The van der Waals surface area contributed by atoms with Gasteiger partial charge in [0.05, 0.1) is 18.7 Å². The van der Waals surface area contributed by atoms with Crippen LogP contribution < -0.4 is 5.32 Å². The zero-order valence-electron chi connectivity index (χ0n) is 10.7. The summed E-state index contributed by atoms with van der Waals surface area (Å²) < 4.78 is 1.78. The Morgan fingerprint density at radius 2 is 2.06 bits per heavy atom. The Labute approximate surface area is 106 Å². The number of aliphatic carboxylic acids is 1. The molecule has 0 spiro atoms. The first-order chi connectivity index (χ1) is 8.58. The molecule has 0 aliphatic carbocycles. The number of rotatable bonds is 7. The van der Waals surface area contributed by atoms with Gasteiger partial charge in [0, 0.05) is 12.5 Å². The first-order valence-corrected chi connectivity index (χ1v) is 6.13. The van der Waals surface area contributed by atoms with E-state index >= 15 is 0 Å². The first kappa shape index (κ1) is 14.2. The molecule has 1 aromatic heterocycles. The smallest absolute Gasteiger partial charge is 0.303 e. The van der Waals surface area contributed by atoms with Crippen LogP contribution in [0.4, 0.5) is 5.82 Å². The Hall–Kier alpha value is -1.85. The van der Waals surface area contributed by atoms with Crippen LogP contribution in [0.5, 0.6) is 0 Å². The number of carboxylic acids is 1. The highest BCUT2D eigenvalue weighted by Gasteiger charge is 2.13. The van der Waals surface area contributed by atoms with E-state index in [2.05, 4.69) is 24.3 Å². The molecule has 1 amide bonds. The molecule has 0 bridgehead atoms. The summed E-state index contributed by atoms with van der Waals surface area (Å²) in [6, 6.07) is 1.96. The van der Waals surface area contributed by atoms with Crippen molar-refractivity contribution in [2.75, 3.05) is 5.32 Å². The highest BCUT2D eigenvalue weighted by atomic mass is 16.4. The largest absolute Gasteiger partial charge is 0.481 e. The number of hydrogen-bond acceptors (Lipinski definition) is 3. The molecule has 0 fully saturated rings. The van der Waals surface area contributed by atoms with Gasteiger partial charge in [0.25, 0.3) is 0 Å². The number of nitrogens with zero attached hydrogens (tertiary/aromatic N) is 2. The highest BCUT2D eigenvalue weighted by Crippen LogP contribution is 2.20. The van der Waals surface area contributed by atoms with Crippen molar-refractivity contribution in [2.24, 2.45) is 0 Å². The minimum Gasteiger partial charge on any atom is -0.481 e. The number of anilines is 1. The van der Waals surface area contributed by atoms with Gasteiger partial charge < -0.3 is 10.4 Å². The van der Waals surface area contributed by atoms with Gasteiger partial charge in [-0.1, -0.05) is 13.8 Å². The number of carbonyl (C=O) groups excluding carboxylic acids is 1. The summed E-state index contributed by atoms with van der Waals surface area (Å²) in [7, 11) is 0. The fourth-order valence-electron chi connectivity index (χ4n) is 1.76. The molecule has 0 unspecified atom stereocenters. The Morgan fingerprint density at radius 3 is 2.61 bits per heavy atom. The molecule has 0 aromatic carbocycles. The monoisotopic (exact) mass is 253 g/mol. The van der Waals surface area contributed by atoms with E-state index < -0.39 is 5.97 Å². The summed E-state index contributed by atoms with van der Waals surface area (Å²) in [4.78, 5) is 21.9. The number of amides is 1. The average Bonchev–Trinajstić information content (AvgIpc) is 2.77. The van der Waals surface area contributed by atoms with Gasteiger partial charge >= 0.3 is 5.97 Å². The van der Waals surface area contributed by atoms with E-state index in [4.69, 9.17) is 5.11 Å². The second-order valence-electron chi connectivity index (χ2n) is 4.07. The second-order valence-corrected chi connectivity index (χ2v) is 4.07. The molecule has 6 heteroatoms. The van der Waals surface area contributed by atoms with Gasteiger partial charge in [-0.15, -0.1) is 0 Å². The molecule has 0 atom stereocenters. The van der Waals surface area contributed by atoms with Crippen LogP contribution in [0.3, 0.4) is 0 Å². The SMILES string of the molecule is CCC(CC)n1nccc1NC(=O)CCC(=O)O. The number of hydrogen-bond donors (Lipinski definition) is 2. The molecule has 0 saturated carbocycles. The maximum atomic E-state index is 11.6. The summed E-state index contributed by atoms with van der Waals surface area (Å²) in [6.07, 6.45) is 3.30. The predicted octanol–water partition coefficient (Wildman–Crippen LogP) is 2.05. The van der Waals surface area contributed by atoms with Crippen molar-refractivity contribution in [3.63, 3.8) is 0 Å². The number of nitrogens with one attached hydrogen (secondary N) is 1. The van der Waals surface area contributed by atoms with E-state index in [0.717, 1.165) is 12.8 Å². The molecule has 0 saturated heterocycles. The Kier molecular flexibility index (Phi) is 5.35. The maximum Gasteiger partial charge on any atom is 0.303 e.